The van der Waals surface area contributed by atoms with Crippen molar-refractivity contribution in [1.82, 2.24) is 0 Å². The number of imide groups is 1. The van der Waals surface area contributed by atoms with Crippen molar-refractivity contribution in [1.29, 1.82) is 0 Å². The summed E-state index contributed by atoms with van der Waals surface area (Å²) in [6, 6.07) is 12.7. The number of benzene rings is 2. The van der Waals surface area contributed by atoms with Crippen molar-refractivity contribution in [2.75, 3.05) is 18.6 Å². The Balaban J connectivity index is 1.12. The van der Waals surface area contributed by atoms with Gasteiger partial charge in [-0.25, -0.2) is 4.79 Å². The van der Waals surface area contributed by atoms with Crippen LogP contribution in [-0.2, 0) is 14.3 Å². The van der Waals surface area contributed by atoms with Gasteiger partial charge < -0.3 is 9.47 Å². The average molecular weight is 457 g/mol. The van der Waals surface area contributed by atoms with Gasteiger partial charge in [-0.05, 0) is 78.6 Å². The molecule has 2 aromatic carbocycles. The van der Waals surface area contributed by atoms with Gasteiger partial charge in [0, 0.05) is 5.56 Å². The number of amides is 2. The lowest BCUT2D eigenvalue weighted by molar-refractivity contribution is -0.124. The van der Waals surface area contributed by atoms with Gasteiger partial charge in [0.2, 0.25) is 11.8 Å². The molecule has 2 aromatic rings. The number of hydrogen-bond acceptors (Lipinski definition) is 6. The fourth-order valence-corrected chi connectivity index (χ4v) is 6.03. The molecule has 2 saturated carbocycles. The molecule has 1 heterocycles. The lowest BCUT2D eigenvalue weighted by Crippen LogP contribution is -2.40. The minimum absolute atomic E-state index is 0.139. The van der Waals surface area contributed by atoms with Crippen LogP contribution in [-0.4, -0.2) is 37.3 Å². The quantitative estimate of drug-likeness (QED) is 0.286. The highest BCUT2D eigenvalue weighted by atomic mass is 16.5. The third-order valence-electron chi connectivity index (χ3n) is 7.77. The van der Waals surface area contributed by atoms with E-state index in [1.807, 2.05) is 0 Å². The number of rotatable bonds is 6. The average Bonchev–Trinajstić information content (AvgIpc) is 3.65. The zero-order chi connectivity index (χ0) is 23.6. The number of hydrogen-bond donors (Lipinski definition) is 0. The minimum atomic E-state index is -0.650. The van der Waals surface area contributed by atoms with E-state index in [0.717, 1.165) is 6.42 Å². The third-order valence-corrected chi connectivity index (χ3v) is 7.77. The highest BCUT2D eigenvalue weighted by molar-refractivity contribution is 6.22. The molecule has 0 aromatic heterocycles. The van der Waals surface area contributed by atoms with E-state index in [4.69, 9.17) is 9.47 Å². The van der Waals surface area contributed by atoms with Crippen LogP contribution in [0, 0.1) is 35.5 Å². The molecule has 6 atom stereocenters. The molecule has 3 fully saturated rings. The molecule has 4 aliphatic carbocycles. The number of ketones is 1. The number of carbonyl (C=O) groups is 4. The van der Waals surface area contributed by atoms with Gasteiger partial charge in [-0.15, -0.1) is 0 Å². The van der Waals surface area contributed by atoms with Gasteiger partial charge >= 0.3 is 5.97 Å². The molecule has 0 unspecified atom stereocenters. The summed E-state index contributed by atoms with van der Waals surface area (Å²) in [4.78, 5) is 52.4. The van der Waals surface area contributed by atoms with E-state index >= 15 is 0 Å². The summed E-state index contributed by atoms with van der Waals surface area (Å²) < 4.78 is 10.2. The van der Waals surface area contributed by atoms with E-state index in [0.29, 0.717) is 28.8 Å². The second-order valence-electron chi connectivity index (χ2n) is 9.44. The molecule has 0 N–H and O–H groups in total. The second-order valence-corrected chi connectivity index (χ2v) is 9.44. The summed E-state index contributed by atoms with van der Waals surface area (Å²) in [5.74, 6) is 0.270. The molecule has 5 aliphatic rings. The fraction of sp³-hybridized carbons (Fsp3) is 0.333. The number of esters is 1. The van der Waals surface area contributed by atoms with Crippen molar-refractivity contribution in [2.45, 2.75) is 6.42 Å². The summed E-state index contributed by atoms with van der Waals surface area (Å²) >= 11 is 0. The number of allylic oxidation sites excluding steroid dienone is 2. The summed E-state index contributed by atoms with van der Waals surface area (Å²) in [6.07, 6.45) is 5.40. The van der Waals surface area contributed by atoms with Crippen molar-refractivity contribution in [3.8, 4) is 5.75 Å². The SMILES string of the molecule is COc1ccc(C(=O)COC(=O)c2ccc(N3C(=O)[C@@H]4[C@H]5C=C[C@@H]([C@@H]6C[C@H]56)[C@H]4C3=O)cc2)cc1. The molecular weight excluding hydrogens is 434 g/mol. The normalized spacial score (nSPS) is 30.1. The van der Waals surface area contributed by atoms with E-state index in [-0.39, 0.29) is 46.8 Å². The van der Waals surface area contributed by atoms with Crippen molar-refractivity contribution >= 4 is 29.3 Å². The Kier molecular flexibility index (Phi) is 4.69. The smallest absolute Gasteiger partial charge is 0.338 e. The molecule has 34 heavy (non-hydrogen) atoms. The maximum absolute atomic E-state index is 13.2. The van der Waals surface area contributed by atoms with E-state index in [2.05, 4.69) is 12.2 Å². The first-order chi connectivity index (χ1) is 16.5. The third kappa shape index (κ3) is 3.10. The standard InChI is InChI=1S/C27H23NO6/c1-33-17-8-4-14(5-9-17)22(29)13-34-27(32)15-2-6-16(7-3-15)28-25(30)23-18-10-11-19(21-12-20(18)21)24(23)26(28)31/h2-11,18-21,23-24H,12-13H2,1H3/t18-,19-,20-,21+,23+,24+/m0/s1. The van der Waals surface area contributed by atoms with Crippen LogP contribution in [0.4, 0.5) is 5.69 Å². The topological polar surface area (TPSA) is 90.0 Å². The van der Waals surface area contributed by atoms with Crippen LogP contribution < -0.4 is 9.64 Å². The molecular formula is C27H23NO6. The van der Waals surface area contributed by atoms with Crippen LogP contribution in [0.5, 0.6) is 5.75 Å². The zero-order valence-corrected chi connectivity index (χ0v) is 18.5. The molecule has 2 amide bonds. The maximum atomic E-state index is 13.2. The molecule has 7 heteroatoms. The first-order valence-corrected chi connectivity index (χ1v) is 11.5. The van der Waals surface area contributed by atoms with Crippen LogP contribution in [0.25, 0.3) is 0 Å². The lowest BCUT2D eigenvalue weighted by Gasteiger charge is -2.37. The van der Waals surface area contributed by atoms with Crippen molar-refractivity contribution in [3.63, 3.8) is 0 Å². The van der Waals surface area contributed by atoms with Crippen LogP contribution >= 0.6 is 0 Å². The predicted molar refractivity (Wildman–Crippen MR) is 121 cm³/mol. The number of anilines is 1. The van der Waals surface area contributed by atoms with Gasteiger partial charge in [-0.3, -0.25) is 19.3 Å². The summed E-state index contributed by atoms with van der Waals surface area (Å²) in [5.41, 5.74) is 1.12. The van der Waals surface area contributed by atoms with Crippen molar-refractivity contribution in [2.24, 2.45) is 35.5 Å². The van der Waals surface area contributed by atoms with Gasteiger partial charge in [0.1, 0.15) is 5.75 Å². The Morgan fingerprint density at radius 3 is 1.97 bits per heavy atom. The molecule has 7 nitrogen and oxygen atoms in total. The number of Topliss-reactive ketones (excluding diaryl/α,β-unsaturated/α-hetero) is 1. The fourth-order valence-electron chi connectivity index (χ4n) is 6.03. The van der Waals surface area contributed by atoms with Crippen molar-refractivity contribution < 1.29 is 28.7 Å². The molecule has 172 valence electrons. The molecule has 1 saturated heterocycles. The van der Waals surface area contributed by atoms with Crippen molar-refractivity contribution in [3.05, 3.63) is 71.8 Å². The number of methoxy groups -OCH3 is 1. The van der Waals surface area contributed by atoms with Gasteiger partial charge in [-0.1, -0.05) is 12.2 Å². The van der Waals surface area contributed by atoms with E-state index < -0.39 is 12.6 Å². The number of carbonyl (C=O) groups excluding carboxylic acids is 4. The van der Waals surface area contributed by atoms with Crippen LogP contribution in [0.2, 0.25) is 0 Å². The van der Waals surface area contributed by atoms with E-state index in [9.17, 15) is 19.2 Å². The Morgan fingerprint density at radius 1 is 0.853 bits per heavy atom. The minimum Gasteiger partial charge on any atom is -0.497 e. The number of ether oxygens (including phenoxy) is 2. The first-order valence-electron chi connectivity index (χ1n) is 11.5. The zero-order valence-electron chi connectivity index (χ0n) is 18.5. The lowest BCUT2D eigenvalue weighted by atomic mass is 9.63. The Hall–Kier alpha value is -3.74. The summed E-state index contributed by atoms with van der Waals surface area (Å²) in [5, 5.41) is 0. The largest absolute Gasteiger partial charge is 0.497 e. The molecule has 0 spiro atoms. The van der Waals surface area contributed by atoms with Gasteiger partial charge in [0.15, 0.2) is 12.4 Å². The summed E-state index contributed by atoms with van der Waals surface area (Å²) in [7, 11) is 1.54. The second kappa shape index (κ2) is 7.65. The monoisotopic (exact) mass is 457 g/mol. The molecule has 2 bridgehead atoms. The van der Waals surface area contributed by atoms with Crippen LogP contribution in [0.15, 0.2) is 60.7 Å². The first kappa shape index (κ1) is 20.8. The Morgan fingerprint density at radius 2 is 1.41 bits per heavy atom. The summed E-state index contributed by atoms with van der Waals surface area (Å²) in [6.45, 7) is -0.391. The van der Waals surface area contributed by atoms with Gasteiger partial charge in [-0.2, -0.15) is 0 Å². The molecule has 1 aliphatic heterocycles. The van der Waals surface area contributed by atoms with Crippen LogP contribution in [0.3, 0.4) is 0 Å². The van der Waals surface area contributed by atoms with Gasteiger partial charge in [0.05, 0.1) is 30.2 Å². The number of nitrogens with zero attached hydrogens (tertiary/aromatic N) is 1. The highest BCUT2D eigenvalue weighted by Crippen LogP contribution is 2.65. The molecule has 0 radical (unpaired) electrons. The van der Waals surface area contributed by atoms with Crippen LogP contribution in [0.1, 0.15) is 27.1 Å². The maximum Gasteiger partial charge on any atom is 0.338 e. The van der Waals surface area contributed by atoms with E-state index in [1.54, 1.807) is 36.4 Å². The predicted octanol–water partition coefficient (Wildman–Crippen LogP) is 3.29. The van der Waals surface area contributed by atoms with E-state index in [1.165, 1.54) is 24.1 Å². The molecule has 7 rings (SSSR count). The Bertz CT molecular complexity index is 1190. The Labute approximate surface area is 196 Å². The highest BCUT2D eigenvalue weighted by Gasteiger charge is 2.67. The van der Waals surface area contributed by atoms with Gasteiger partial charge in [0.25, 0.3) is 0 Å².